The van der Waals surface area contributed by atoms with E-state index in [0.29, 0.717) is 22.8 Å². The molecule has 0 saturated carbocycles. The number of hydrogen-bond donors (Lipinski definition) is 2. The van der Waals surface area contributed by atoms with Crippen molar-refractivity contribution in [3.05, 3.63) is 112 Å². The molecule has 1 aromatic heterocycles. The highest BCUT2D eigenvalue weighted by atomic mass is 32.2. The fourth-order valence-electron chi connectivity index (χ4n) is 4.24. The highest BCUT2D eigenvalue weighted by Crippen LogP contribution is 2.40. The van der Waals surface area contributed by atoms with Gasteiger partial charge in [0.15, 0.2) is 0 Å². The minimum absolute atomic E-state index is 0.0646. The maximum absolute atomic E-state index is 13.0. The van der Waals surface area contributed by atoms with E-state index in [1.54, 1.807) is 36.4 Å². The Kier molecular flexibility index (Phi) is 8.97. The van der Waals surface area contributed by atoms with Gasteiger partial charge in [-0.2, -0.15) is 0 Å². The smallest absolute Gasteiger partial charge is 0.353 e. The number of anilines is 1. The van der Waals surface area contributed by atoms with Gasteiger partial charge >= 0.3 is 5.63 Å². The Morgan fingerprint density at radius 1 is 0.895 bits per heavy atom. The van der Waals surface area contributed by atoms with Gasteiger partial charge < -0.3 is 9.52 Å². The van der Waals surface area contributed by atoms with E-state index in [0.717, 1.165) is 36.6 Å². The zero-order valence-electron chi connectivity index (χ0n) is 21.4. The molecule has 0 aliphatic carbocycles. The fourth-order valence-corrected chi connectivity index (χ4v) is 6.45. The Labute approximate surface area is 227 Å². The van der Waals surface area contributed by atoms with Gasteiger partial charge in [-0.05, 0) is 60.6 Å². The molecule has 0 radical (unpaired) electrons. The van der Waals surface area contributed by atoms with Crippen LogP contribution >= 0.6 is 11.8 Å². The van der Waals surface area contributed by atoms with Crippen LogP contribution in [0.5, 0.6) is 5.75 Å². The summed E-state index contributed by atoms with van der Waals surface area (Å²) in [5.74, 6) is 0.234. The van der Waals surface area contributed by atoms with E-state index >= 15 is 0 Å². The predicted octanol–water partition coefficient (Wildman–Crippen LogP) is 6.99. The molecule has 6 nitrogen and oxygen atoms in total. The van der Waals surface area contributed by atoms with Crippen LogP contribution < -0.4 is 10.3 Å². The highest BCUT2D eigenvalue weighted by molar-refractivity contribution is 7.99. The van der Waals surface area contributed by atoms with Gasteiger partial charge in [-0.1, -0.05) is 80.2 Å². The number of sulfonamides is 1. The Morgan fingerprint density at radius 2 is 1.55 bits per heavy atom. The second kappa shape index (κ2) is 12.4. The van der Waals surface area contributed by atoms with Crippen LogP contribution in [0.3, 0.4) is 0 Å². The van der Waals surface area contributed by atoms with Gasteiger partial charge in [0.2, 0.25) is 0 Å². The summed E-state index contributed by atoms with van der Waals surface area (Å²) in [6, 6.07) is 25.1. The van der Waals surface area contributed by atoms with Gasteiger partial charge in [-0.3, -0.25) is 4.72 Å². The molecule has 198 valence electrons. The molecule has 8 heteroatoms. The first kappa shape index (κ1) is 27.5. The third-order valence-corrected chi connectivity index (χ3v) is 8.61. The second-order valence-corrected chi connectivity index (χ2v) is 12.0. The van der Waals surface area contributed by atoms with E-state index in [2.05, 4.69) is 16.9 Å². The summed E-state index contributed by atoms with van der Waals surface area (Å²) in [5.41, 5.74) is 1.80. The number of rotatable bonds is 11. The highest BCUT2D eigenvalue weighted by Gasteiger charge is 2.21. The van der Waals surface area contributed by atoms with Crippen molar-refractivity contribution in [2.45, 2.75) is 60.1 Å². The minimum atomic E-state index is -3.80. The summed E-state index contributed by atoms with van der Waals surface area (Å²) in [7, 11) is -3.80. The SMILES string of the molecule is CC(C)c1c(NS(=O)(=O)c2ccccc2)cccc1Sc1c(O)cc(CCCCc2ccccc2)oc1=O. The topological polar surface area (TPSA) is 96.6 Å². The average Bonchev–Trinajstić information content (AvgIpc) is 2.89. The monoisotopic (exact) mass is 549 g/mol. The summed E-state index contributed by atoms with van der Waals surface area (Å²) >= 11 is 1.08. The number of nitrogens with one attached hydrogen (secondary N) is 1. The van der Waals surface area contributed by atoms with Crippen LogP contribution in [0.2, 0.25) is 0 Å². The molecule has 0 amide bonds. The van der Waals surface area contributed by atoms with Gasteiger partial charge in [0.25, 0.3) is 10.0 Å². The zero-order chi connectivity index (χ0) is 27.1. The first-order chi connectivity index (χ1) is 18.2. The third-order valence-electron chi connectivity index (χ3n) is 6.07. The van der Waals surface area contributed by atoms with Crippen molar-refractivity contribution < 1.29 is 17.9 Å². The van der Waals surface area contributed by atoms with E-state index in [-0.39, 0.29) is 21.5 Å². The molecule has 0 saturated heterocycles. The van der Waals surface area contributed by atoms with Crippen molar-refractivity contribution >= 4 is 27.5 Å². The normalized spacial score (nSPS) is 11.6. The lowest BCUT2D eigenvalue weighted by Gasteiger charge is -2.19. The Morgan fingerprint density at radius 3 is 2.21 bits per heavy atom. The molecule has 4 rings (SSSR count). The minimum Gasteiger partial charge on any atom is -0.506 e. The maximum atomic E-state index is 13.0. The second-order valence-electron chi connectivity index (χ2n) is 9.30. The molecular formula is C30H31NO5S2. The maximum Gasteiger partial charge on any atom is 0.353 e. The number of hydrogen-bond acceptors (Lipinski definition) is 6. The summed E-state index contributed by atoms with van der Waals surface area (Å²) in [5, 5.41) is 10.7. The van der Waals surface area contributed by atoms with Gasteiger partial charge in [-0.15, -0.1) is 0 Å². The van der Waals surface area contributed by atoms with Crippen LogP contribution in [0.15, 0.2) is 109 Å². The largest absolute Gasteiger partial charge is 0.506 e. The molecule has 0 bridgehead atoms. The van der Waals surface area contributed by atoms with E-state index in [1.165, 1.54) is 23.8 Å². The predicted molar refractivity (Wildman–Crippen MR) is 152 cm³/mol. The first-order valence-electron chi connectivity index (χ1n) is 12.5. The molecule has 0 fully saturated rings. The molecule has 1 heterocycles. The molecular weight excluding hydrogens is 518 g/mol. The Balaban J connectivity index is 1.52. The number of aryl methyl sites for hydroxylation is 2. The molecule has 2 N–H and O–H groups in total. The lowest BCUT2D eigenvalue weighted by molar-refractivity contribution is 0.398. The van der Waals surface area contributed by atoms with Gasteiger partial charge in [-0.25, -0.2) is 13.2 Å². The van der Waals surface area contributed by atoms with Crippen LogP contribution in [0, 0.1) is 0 Å². The fraction of sp³-hybridized carbons (Fsp3) is 0.233. The molecule has 0 unspecified atom stereocenters. The van der Waals surface area contributed by atoms with Crippen molar-refractivity contribution in [2.24, 2.45) is 0 Å². The van der Waals surface area contributed by atoms with Crippen molar-refractivity contribution in [1.82, 2.24) is 0 Å². The first-order valence-corrected chi connectivity index (χ1v) is 14.8. The quantitative estimate of drug-likeness (QED) is 0.196. The molecule has 3 aromatic carbocycles. The molecule has 38 heavy (non-hydrogen) atoms. The molecule has 4 aromatic rings. The summed E-state index contributed by atoms with van der Waals surface area (Å²) in [6.45, 7) is 3.89. The zero-order valence-corrected chi connectivity index (χ0v) is 23.0. The number of benzene rings is 3. The third kappa shape index (κ3) is 6.88. The van der Waals surface area contributed by atoms with Crippen LogP contribution in [0.1, 0.15) is 49.5 Å². The van der Waals surface area contributed by atoms with Crippen molar-refractivity contribution in [3.63, 3.8) is 0 Å². The molecule has 0 atom stereocenters. The van der Waals surface area contributed by atoms with Crippen LogP contribution in [0.25, 0.3) is 0 Å². The van der Waals surface area contributed by atoms with E-state index in [1.807, 2.05) is 32.0 Å². The van der Waals surface area contributed by atoms with Crippen LogP contribution in [0.4, 0.5) is 5.69 Å². The standard InChI is InChI=1S/C30H31NO5S2/c1-21(2)28-25(31-38(34,35)24-16-7-4-8-17-24)18-11-19-27(28)37-29-26(32)20-23(36-30(29)33)15-10-9-14-22-12-5-3-6-13-22/h3-8,11-13,16-21,31-32H,9-10,14-15H2,1-2H3. The van der Waals surface area contributed by atoms with Crippen molar-refractivity contribution in [2.75, 3.05) is 4.72 Å². The lowest BCUT2D eigenvalue weighted by atomic mass is 10.0. The van der Waals surface area contributed by atoms with E-state index < -0.39 is 15.6 Å². The number of aromatic hydroxyl groups is 1. The molecule has 0 aliphatic rings. The summed E-state index contributed by atoms with van der Waals surface area (Å²) in [4.78, 5) is 13.7. The Bertz CT molecular complexity index is 1530. The van der Waals surface area contributed by atoms with E-state index in [9.17, 15) is 18.3 Å². The Hall–Kier alpha value is -3.49. The van der Waals surface area contributed by atoms with Crippen LogP contribution in [-0.2, 0) is 22.9 Å². The van der Waals surface area contributed by atoms with E-state index in [4.69, 9.17) is 4.42 Å². The number of unbranched alkanes of at least 4 members (excludes halogenated alkanes) is 1. The summed E-state index contributed by atoms with van der Waals surface area (Å²) < 4.78 is 34.1. The van der Waals surface area contributed by atoms with Crippen molar-refractivity contribution in [1.29, 1.82) is 0 Å². The van der Waals surface area contributed by atoms with Gasteiger partial charge in [0, 0.05) is 17.4 Å². The van der Waals surface area contributed by atoms with Crippen LogP contribution in [-0.4, -0.2) is 13.5 Å². The van der Waals surface area contributed by atoms with Crippen molar-refractivity contribution in [3.8, 4) is 5.75 Å². The lowest BCUT2D eigenvalue weighted by Crippen LogP contribution is -2.15. The molecule has 0 spiro atoms. The van der Waals surface area contributed by atoms with Gasteiger partial charge in [0.1, 0.15) is 16.4 Å². The average molecular weight is 550 g/mol. The molecule has 0 aliphatic heterocycles. The summed E-state index contributed by atoms with van der Waals surface area (Å²) in [6.07, 6.45) is 3.25. The van der Waals surface area contributed by atoms with Gasteiger partial charge in [0.05, 0.1) is 10.6 Å².